The summed E-state index contributed by atoms with van der Waals surface area (Å²) in [6.07, 6.45) is 2.72. The number of carbonyl (C=O) groups is 2. The second-order valence-electron chi connectivity index (χ2n) is 8.66. The Labute approximate surface area is 223 Å². The van der Waals surface area contributed by atoms with E-state index >= 15 is 0 Å². The lowest BCUT2D eigenvalue weighted by Gasteiger charge is -2.18. The number of ether oxygens (including phenoxy) is 4. The number of nitrogens with zero attached hydrogens (tertiary/aromatic N) is 3. The summed E-state index contributed by atoms with van der Waals surface area (Å²) < 4.78 is 23.1. The molecule has 0 spiro atoms. The van der Waals surface area contributed by atoms with Crippen molar-refractivity contribution in [2.75, 3.05) is 39.5 Å². The molecule has 0 saturated carbocycles. The molecule has 198 valence electrons. The monoisotopic (exact) mass is 546 g/mol. The first kappa shape index (κ1) is 26.8. The van der Waals surface area contributed by atoms with E-state index in [0.29, 0.717) is 44.7 Å². The maximum atomic E-state index is 12.9. The Morgan fingerprint density at radius 1 is 1.14 bits per heavy atom. The fraction of sp³-hybridized carbons (Fsp3) is 0.440. The van der Waals surface area contributed by atoms with Crippen molar-refractivity contribution in [3.8, 4) is 28.6 Å². The van der Waals surface area contributed by atoms with Crippen LogP contribution in [0.15, 0.2) is 17.3 Å². The van der Waals surface area contributed by atoms with Gasteiger partial charge in [0.2, 0.25) is 11.7 Å². The second-order valence-corrected chi connectivity index (χ2v) is 10.7. The van der Waals surface area contributed by atoms with E-state index in [-0.39, 0.29) is 11.7 Å². The molecule has 1 aromatic carbocycles. The minimum atomic E-state index is -0.418. The van der Waals surface area contributed by atoms with Crippen LogP contribution in [-0.4, -0.2) is 60.8 Å². The summed E-state index contributed by atoms with van der Waals surface area (Å²) in [7, 11) is 7.82. The number of thiophene rings is 1. The molecule has 1 N–H and O–H groups in total. The first-order chi connectivity index (χ1) is 17.8. The van der Waals surface area contributed by atoms with Crippen LogP contribution in [0.3, 0.4) is 0 Å². The molecule has 1 aliphatic carbocycles. The Kier molecular flexibility index (Phi) is 8.28. The number of aromatic nitrogens is 3. The van der Waals surface area contributed by atoms with Gasteiger partial charge in [-0.25, -0.2) is 4.79 Å². The Balaban J connectivity index is 1.50. The predicted octanol–water partition coefficient (Wildman–Crippen LogP) is 4.21. The molecule has 1 unspecified atom stereocenters. The van der Waals surface area contributed by atoms with E-state index in [4.69, 9.17) is 18.9 Å². The van der Waals surface area contributed by atoms with Crippen molar-refractivity contribution in [2.24, 2.45) is 13.0 Å². The molecule has 2 aromatic heterocycles. The third-order valence-corrected chi connectivity index (χ3v) is 8.43. The molecular weight excluding hydrogens is 516 g/mol. The van der Waals surface area contributed by atoms with Crippen LogP contribution in [-0.2, 0) is 29.4 Å². The average Bonchev–Trinajstić information content (AvgIpc) is 3.44. The number of rotatable bonds is 9. The molecule has 0 fully saturated rings. The number of amides is 1. The molecule has 0 bridgehead atoms. The Morgan fingerprint density at radius 3 is 2.46 bits per heavy atom. The zero-order valence-electron chi connectivity index (χ0n) is 21.7. The van der Waals surface area contributed by atoms with Crippen molar-refractivity contribution in [1.29, 1.82) is 0 Å². The number of fused-ring (bicyclic) bond motifs is 1. The molecule has 1 aliphatic rings. The van der Waals surface area contributed by atoms with E-state index in [2.05, 4.69) is 22.4 Å². The quantitative estimate of drug-likeness (QED) is 0.311. The zero-order chi connectivity index (χ0) is 26.7. The highest BCUT2D eigenvalue weighted by Crippen LogP contribution is 2.42. The molecule has 0 aliphatic heterocycles. The lowest BCUT2D eigenvalue weighted by molar-refractivity contribution is -0.113. The summed E-state index contributed by atoms with van der Waals surface area (Å²) in [6.45, 7) is 2.20. The van der Waals surface area contributed by atoms with Gasteiger partial charge < -0.3 is 28.8 Å². The molecule has 37 heavy (non-hydrogen) atoms. The van der Waals surface area contributed by atoms with E-state index in [1.54, 1.807) is 38.0 Å². The maximum Gasteiger partial charge on any atom is 0.341 e. The van der Waals surface area contributed by atoms with Crippen LogP contribution < -0.4 is 19.5 Å². The summed E-state index contributed by atoms with van der Waals surface area (Å²) in [5.74, 6) is 2.06. The van der Waals surface area contributed by atoms with Gasteiger partial charge in [-0.15, -0.1) is 21.5 Å². The van der Waals surface area contributed by atoms with E-state index in [0.717, 1.165) is 35.3 Å². The van der Waals surface area contributed by atoms with Gasteiger partial charge in [0.25, 0.3) is 0 Å². The van der Waals surface area contributed by atoms with Gasteiger partial charge in [0.1, 0.15) is 5.00 Å². The highest BCUT2D eigenvalue weighted by Gasteiger charge is 2.29. The van der Waals surface area contributed by atoms with Gasteiger partial charge in [-0.2, -0.15) is 0 Å². The normalized spacial score (nSPS) is 14.6. The molecule has 1 amide bonds. The van der Waals surface area contributed by atoms with Crippen molar-refractivity contribution in [3.63, 3.8) is 0 Å². The largest absolute Gasteiger partial charge is 0.493 e. The van der Waals surface area contributed by atoms with Crippen LogP contribution in [0.1, 0.15) is 34.1 Å². The molecular formula is C25H30N4O6S2. The van der Waals surface area contributed by atoms with Gasteiger partial charge in [-0.05, 0) is 42.9 Å². The summed E-state index contributed by atoms with van der Waals surface area (Å²) in [4.78, 5) is 26.5. The van der Waals surface area contributed by atoms with E-state index in [9.17, 15) is 9.59 Å². The lowest BCUT2D eigenvalue weighted by atomic mass is 9.88. The standard InChI is InChI=1S/C25H30N4O6S2/c1-13-7-8-15-18(9-13)37-23(20(15)24(31)35-6)26-19(30)12-36-25-28-27-22(29(25)2)14-10-16(32-3)21(34-5)17(11-14)33-4/h10-11,13H,7-9,12H2,1-6H3,(H,26,30). The third-order valence-electron chi connectivity index (χ3n) is 6.24. The third kappa shape index (κ3) is 5.40. The fourth-order valence-electron chi connectivity index (χ4n) is 4.35. The SMILES string of the molecule is COC(=O)c1c(NC(=O)CSc2nnc(-c3cc(OC)c(OC)c(OC)c3)n2C)sc2c1CCC(C)C2. The molecule has 0 radical (unpaired) electrons. The number of nitrogens with one attached hydrogen (secondary N) is 1. The Bertz CT molecular complexity index is 1290. The van der Waals surface area contributed by atoms with Crippen molar-refractivity contribution >= 4 is 40.0 Å². The van der Waals surface area contributed by atoms with Gasteiger partial charge in [0.15, 0.2) is 22.5 Å². The first-order valence-electron chi connectivity index (χ1n) is 11.7. The fourth-order valence-corrected chi connectivity index (χ4v) is 6.48. The molecule has 12 heteroatoms. The first-order valence-corrected chi connectivity index (χ1v) is 13.5. The lowest BCUT2D eigenvalue weighted by Crippen LogP contribution is -2.17. The number of thioether (sulfide) groups is 1. The van der Waals surface area contributed by atoms with Crippen molar-refractivity contribution < 1.29 is 28.5 Å². The van der Waals surface area contributed by atoms with Crippen LogP contribution in [0.2, 0.25) is 0 Å². The molecule has 0 saturated heterocycles. The number of carbonyl (C=O) groups excluding carboxylic acids is 2. The van der Waals surface area contributed by atoms with Gasteiger partial charge in [-0.3, -0.25) is 4.79 Å². The van der Waals surface area contributed by atoms with Crippen LogP contribution >= 0.6 is 23.1 Å². The van der Waals surface area contributed by atoms with Gasteiger partial charge in [0, 0.05) is 17.5 Å². The van der Waals surface area contributed by atoms with Gasteiger partial charge in [-0.1, -0.05) is 18.7 Å². The van der Waals surface area contributed by atoms with Crippen LogP contribution in [0.25, 0.3) is 11.4 Å². The number of anilines is 1. The van der Waals surface area contributed by atoms with E-state index in [1.165, 1.54) is 30.2 Å². The molecule has 3 aromatic rings. The Hall–Kier alpha value is -3.25. The summed E-state index contributed by atoms with van der Waals surface area (Å²) in [5.41, 5.74) is 2.21. The zero-order valence-corrected chi connectivity index (χ0v) is 23.3. The summed E-state index contributed by atoms with van der Waals surface area (Å²) >= 11 is 2.72. The van der Waals surface area contributed by atoms with E-state index in [1.807, 2.05) is 7.05 Å². The van der Waals surface area contributed by atoms with Gasteiger partial charge >= 0.3 is 5.97 Å². The highest BCUT2D eigenvalue weighted by molar-refractivity contribution is 7.99. The van der Waals surface area contributed by atoms with Crippen molar-refractivity contribution in [2.45, 2.75) is 31.3 Å². The maximum absolute atomic E-state index is 12.9. The van der Waals surface area contributed by atoms with Crippen LogP contribution in [0, 0.1) is 5.92 Å². The number of hydrogen-bond acceptors (Lipinski definition) is 10. The number of methoxy groups -OCH3 is 4. The van der Waals surface area contributed by atoms with Gasteiger partial charge in [0.05, 0.1) is 39.8 Å². The number of esters is 1. The minimum absolute atomic E-state index is 0.0980. The minimum Gasteiger partial charge on any atom is -0.493 e. The molecule has 1 atom stereocenters. The molecule has 4 rings (SSSR count). The molecule has 10 nitrogen and oxygen atoms in total. The van der Waals surface area contributed by atoms with Crippen LogP contribution in [0.4, 0.5) is 5.00 Å². The molecule has 2 heterocycles. The highest BCUT2D eigenvalue weighted by atomic mass is 32.2. The predicted molar refractivity (Wildman–Crippen MR) is 142 cm³/mol. The van der Waals surface area contributed by atoms with Crippen LogP contribution in [0.5, 0.6) is 17.2 Å². The number of benzene rings is 1. The topological polar surface area (TPSA) is 114 Å². The average molecular weight is 547 g/mol. The van der Waals surface area contributed by atoms with E-state index < -0.39 is 5.97 Å². The summed E-state index contributed by atoms with van der Waals surface area (Å²) in [5, 5.41) is 12.6. The summed E-state index contributed by atoms with van der Waals surface area (Å²) in [6, 6.07) is 3.58. The number of hydrogen-bond donors (Lipinski definition) is 1. The van der Waals surface area contributed by atoms with Crippen molar-refractivity contribution in [3.05, 3.63) is 28.1 Å². The Morgan fingerprint density at radius 2 is 1.84 bits per heavy atom. The smallest absolute Gasteiger partial charge is 0.341 e. The second kappa shape index (κ2) is 11.4. The van der Waals surface area contributed by atoms with Crippen molar-refractivity contribution in [1.82, 2.24) is 14.8 Å².